The van der Waals surface area contributed by atoms with Crippen LogP contribution in [0.1, 0.15) is 41.0 Å². The number of hydrogen-bond acceptors (Lipinski definition) is 5. The minimum atomic E-state index is -0.433. The Morgan fingerprint density at radius 3 is 2.59 bits per heavy atom. The lowest BCUT2D eigenvalue weighted by Gasteiger charge is -2.14. The van der Waals surface area contributed by atoms with Crippen LogP contribution in [0.5, 0.6) is 0 Å². The lowest BCUT2D eigenvalue weighted by Crippen LogP contribution is -2.26. The minimum absolute atomic E-state index is 0.0242. The second kappa shape index (κ2) is 11.2. The van der Waals surface area contributed by atoms with Gasteiger partial charge in [-0.05, 0) is 60.9 Å². The lowest BCUT2D eigenvalue weighted by atomic mass is 10.1. The van der Waals surface area contributed by atoms with Crippen LogP contribution in [0.2, 0.25) is 0 Å². The van der Waals surface area contributed by atoms with Crippen molar-refractivity contribution >= 4 is 45.3 Å². The number of nitrogens with one attached hydrogen (secondary N) is 2. The van der Waals surface area contributed by atoms with Crippen LogP contribution in [0.15, 0.2) is 82.9 Å². The van der Waals surface area contributed by atoms with Gasteiger partial charge in [-0.15, -0.1) is 0 Å². The van der Waals surface area contributed by atoms with E-state index in [1.54, 1.807) is 24.4 Å². The van der Waals surface area contributed by atoms with Gasteiger partial charge in [0.2, 0.25) is 0 Å². The van der Waals surface area contributed by atoms with Crippen LogP contribution in [0.25, 0.3) is 27.5 Å². The highest BCUT2D eigenvalue weighted by Crippen LogP contribution is 2.25. The van der Waals surface area contributed by atoms with Gasteiger partial charge in [0.1, 0.15) is 5.82 Å². The zero-order valence-electron chi connectivity index (χ0n) is 21.5. The summed E-state index contributed by atoms with van der Waals surface area (Å²) in [7, 11) is 0. The highest BCUT2D eigenvalue weighted by Gasteiger charge is 2.18. The molecule has 3 aromatic carbocycles. The topological polar surface area (TPSA) is 96.9 Å². The molecule has 0 unspecified atom stereocenters. The quantitative estimate of drug-likeness (QED) is 0.140. The molecule has 0 aliphatic heterocycles. The van der Waals surface area contributed by atoms with Gasteiger partial charge < -0.3 is 10.3 Å². The molecule has 2 N–H and O–H groups in total. The molecule has 0 atom stereocenters. The molecule has 2 heterocycles. The summed E-state index contributed by atoms with van der Waals surface area (Å²) in [6, 6.07) is 17.8. The fourth-order valence-corrected chi connectivity index (χ4v) is 5.20. The van der Waals surface area contributed by atoms with Crippen molar-refractivity contribution < 1.29 is 14.0 Å². The number of para-hydroxylation sites is 1. The maximum atomic E-state index is 13.7. The summed E-state index contributed by atoms with van der Waals surface area (Å²) in [4.78, 5) is 47.3. The van der Waals surface area contributed by atoms with Gasteiger partial charge in [0.15, 0.2) is 10.9 Å². The molecule has 0 fully saturated rings. The second-order valence-corrected chi connectivity index (χ2v) is 10.6. The first-order valence-electron chi connectivity index (χ1n) is 12.6. The number of H-pyrrole nitrogens is 1. The van der Waals surface area contributed by atoms with E-state index in [1.807, 2.05) is 24.3 Å². The summed E-state index contributed by atoms with van der Waals surface area (Å²) in [5.74, 6) is -0.324. The van der Waals surface area contributed by atoms with Gasteiger partial charge in [0.25, 0.3) is 11.5 Å². The molecule has 0 saturated heterocycles. The zero-order valence-corrected chi connectivity index (χ0v) is 22.3. The van der Waals surface area contributed by atoms with Crippen molar-refractivity contribution in [3.05, 3.63) is 100 Å². The normalized spacial score (nSPS) is 11.4. The number of aromatic amines is 1. The van der Waals surface area contributed by atoms with Gasteiger partial charge in [-0.2, -0.15) is 0 Å². The third-order valence-corrected chi connectivity index (χ3v) is 7.35. The average Bonchev–Trinajstić information content (AvgIpc) is 3.36. The van der Waals surface area contributed by atoms with Crippen LogP contribution >= 0.6 is 11.8 Å². The summed E-state index contributed by atoms with van der Waals surface area (Å²) < 4.78 is 15.0. The highest BCUT2D eigenvalue weighted by atomic mass is 32.2. The number of rotatable bonds is 9. The Morgan fingerprint density at radius 1 is 1.05 bits per heavy atom. The first-order chi connectivity index (χ1) is 18.8. The number of aromatic nitrogens is 3. The van der Waals surface area contributed by atoms with Crippen molar-refractivity contribution in [3.63, 3.8) is 0 Å². The smallest absolute Gasteiger partial charge is 0.266 e. The summed E-state index contributed by atoms with van der Waals surface area (Å²) in [5, 5.41) is 4.30. The summed E-state index contributed by atoms with van der Waals surface area (Å²) in [6.45, 7) is 4.71. The lowest BCUT2D eigenvalue weighted by molar-refractivity contribution is 0.0951. The molecule has 198 valence electrons. The predicted molar refractivity (Wildman–Crippen MR) is 152 cm³/mol. The Labute approximate surface area is 228 Å². The van der Waals surface area contributed by atoms with Crippen molar-refractivity contribution in [1.82, 2.24) is 19.9 Å². The van der Waals surface area contributed by atoms with Crippen molar-refractivity contribution in [2.45, 2.75) is 25.4 Å². The Morgan fingerprint density at radius 2 is 1.82 bits per heavy atom. The second-order valence-electron chi connectivity index (χ2n) is 9.64. The molecule has 0 aliphatic carbocycles. The number of Topliss-reactive ketones (excluding diaryl/α,β-unsaturated/α-hetero) is 1. The molecule has 9 heteroatoms. The Hall–Kier alpha value is -4.24. The van der Waals surface area contributed by atoms with Crippen LogP contribution in [0.4, 0.5) is 4.39 Å². The molecule has 0 aliphatic rings. The van der Waals surface area contributed by atoms with Crippen molar-refractivity contribution in [2.75, 3.05) is 12.3 Å². The Kier molecular flexibility index (Phi) is 7.60. The van der Waals surface area contributed by atoms with Gasteiger partial charge in [0, 0.05) is 34.8 Å². The molecule has 0 radical (unpaired) electrons. The molecule has 0 saturated carbocycles. The van der Waals surface area contributed by atoms with Crippen LogP contribution in [0.3, 0.4) is 0 Å². The van der Waals surface area contributed by atoms with E-state index in [0.29, 0.717) is 40.2 Å². The number of ketones is 1. The van der Waals surface area contributed by atoms with Crippen molar-refractivity contribution in [1.29, 1.82) is 0 Å². The number of thioether (sulfide) groups is 1. The largest absolute Gasteiger partial charge is 0.360 e. The monoisotopic (exact) mass is 542 g/mol. The highest BCUT2D eigenvalue weighted by molar-refractivity contribution is 7.99. The molecule has 2 aromatic heterocycles. The third kappa shape index (κ3) is 5.63. The molecule has 7 nitrogen and oxygen atoms in total. The van der Waals surface area contributed by atoms with Crippen molar-refractivity contribution in [2.24, 2.45) is 5.92 Å². The standard InChI is InChI=1S/C30H27FN4O3S/c1-18(2)13-14-32-28(37)19-7-12-23-26(15-19)34-30(35(29(23)38)21-10-8-20(31)9-11-21)39-17-27(36)24-16-33-25-6-4-3-5-22(24)25/h3-12,15-16,18,33H,13-14,17H2,1-2H3,(H,32,37). The summed E-state index contributed by atoms with van der Waals surface area (Å²) in [6.07, 6.45) is 2.53. The fraction of sp³-hybridized carbons (Fsp3) is 0.200. The zero-order chi connectivity index (χ0) is 27.5. The number of hydrogen-bond donors (Lipinski definition) is 2. The third-order valence-electron chi connectivity index (χ3n) is 6.41. The minimum Gasteiger partial charge on any atom is -0.360 e. The number of nitrogens with zero attached hydrogens (tertiary/aromatic N) is 2. The first kappa shape index (κ1) is 26.4. The summed E-state index contributed by atoms with van der Waals surface area (Å²) in [5.41, 5.74) is 2.20. The van der Waals surface area contributed by atoms with E-state index in [0.717, 1.165) is 29.1 Å². The van der Waals surface area contributed by atoms with E-state index in [2.05, 4.69) is 24.1 Å². The summed E-state index contributed by atoms with van der Waals surface area (Å²) >= 11 is 1.12. The van der Waals surface area contributed by atoms with Gasteiger partial charge in [-0.1, -0.05) is 43.8 Å². The van der Waals surface area contributed by atoms with E-state index in [-0.39, 0.29) is 28.2 Å². The van der Waals surface area contributed by atoms with Gasteiger partial charge in [-0.25, -0.2) is 9.37 Å². The van der Waals surface area contributed by atoms with Crippen LogP contribution in [0, 0.1) is 11.7 Å². The molecule has 5 aromatic rings. The predicted octanol–water partition coefficient (Wildman–Crippen LogP) is 5.76. The van der Waals surface area contributed by atoms with Crippen molar-refractivity contribution in [3.8, 4) is 5.69 Å². The van der Waals surface area contributed by atoms with E-state index in [4.69, 9.17) is 4.98 Å². The molecule has 0 spiro atoms. The number of carbonyl (C=O) groups is 2. The Balaban J connectivity index is 1.51. The van der Waals surface area contributed by atoms with Gasteiger partial charge in [0.05, 0.1) is 22.3 Å². The molecule has 1 amide bonds. The fourth-order valence-electron chi connectivity index (χ4n) is 4.31. The number of carbonyl (C=O) groups excluding carboxylic acids is 2. The molecule has 39 heavy (non-hydrogen) atoms. The average molecular weight is 543 g/mol. The van der Waals surface area contributed by atoms with Gasteiger partial charge >= 0.3 is 0 Å². The molecular weight excluding hydrogens is 515 g/mol. The number of amides is 1. The number of halogens is 1. The maximum Gasteiger partial charge on any atom is 0.266 e. The van der Waals surface area contributed by atoms with Crippen LogP contribution in [-0.2, 0) is 0 Å². The first-order valence-corrected chi connectivity index (χ1v) is 13.6. The van der Waals surface area contributed by atoms with E-state index >= 15 is 0 Å². The number of benzene rings is 3. The van der Waals surface area contributed by atoms with E-state index in [1.165, 1.54) is 28.8 Å². The van der Waals surface area contributed by atoms with Crippen LogP contribution in [-0.4, -0.2) is 38.5 Å². The SMILES string of the molecule is CC(C)CCNC(=O)c1ccc2c(=O)n(-c3ccc(F)cc3)c(SCC(=O)c3c[nH]c4ccccc34)nc2c1. The molecular formula is C30H27FN4O3S. The van der Waals surface area contributed by atoms with E-state index in [9.17, 15) is 18.8 Å². The van der Waals surface area contributed by atoms with E-state index < -0.39 is 5.82 Å². The van der Waals surface area contributed by atoms with Gasteiger partial charge in [-0.3, -0.25) is 19.0 Å². The Bertz CT molecular complexity index is 1740. The van der Waals surface area contributed by atoms with Crippen LogP contribution < -0.4 is 10.9 Å². The molecule has 5 rings (SSSR count). The number of fused-ring (bicyclic) bond motifs is 2. The molecule has 0 bridgehead atoms. The maximum absolute atomic E-state index is 13.7.